The maximum Gasteiger partial charge on any atom is 0.0449 e. The van der Waals surface area contributed by atoms with Gasteiger partial charge < -0.3 is 5.32 Å². The molecule has 1 saturated carbocycles. The van der Waals surface area contributed by atoms with E-state index in [-0.39, 0.29) is 0 Å². The zero-order chi connectivity index (χ0) is 12.8. The summed E-state index contributed by atoms with van der Waals surface area (Å²) in [5.74, 6) is 0. The van der Waals surface area contributed by atoms with Gasteiger partial charge in [0.15, 0.2) is 0 Å². The van der Waals surface area contributed by atoms with Crippen LogP contribution in [0.1, 0.15) is 44.7 Å². The molecule has 18 heavy (non-hydrogen) atoms. The summed E-state index contributed by atoms with van der Waals surface area (Å²) in [4.78, 5) is 2.67. The van der Waals surface area contributed by atoms with Crippen LogP contribution in [0.4, 0.5) is 0 Å². The van der Waals surface area contributed by atoms with Crippen molar-refractivity contribution in [3.63, 3.8) is 0 Å². The van der Waals surface area contributed by atoms with E-state index in [2.05, 4.69) is 54.4 Å². The van der Waals surface area contributed by atoms with E-state index in [0.29, 0.717) is 6.04 Å². The average Bonchev–Trinajstić information content (AvgIpc) is 3.23. The second-order valence-corrected chi connectivity index (χ2v) is 5.25. The summed E-state index contributed by atoms with van der Waals surface area (Å²) < 4.78 is 0. The Morgan fingerprint density at radius 2 is 1.94 bits per heavy atom. The molecule has 0 bridgehead atoms. The van der Waals surface area contributed by atoms with Crippen LogP contribution in [-0.4, -0.2) is 30.6 Å². The van der Waals surface area contributed by atoms with E-state index >= 15 is 0 Å². The standard InChI is InChI=1S/C16H26N2/c1-3-12-18(15-10-11-15)13-16(17-4-2)14-8-6-5-7-9-14/h5-9,15-17H,3-4,10-13H2,1-2H3. The van der Waals surface area contributed by atoms with Crippen molar-refractivity contribution in [2.75, 3.05) is 19.6 Å². The Labute approximate surface area is 111 Å². The van der Waals surface area contributed by atoms with Gasteiger partial charge in [-0.15, -0.1) is 0 Å². The van der Waals surface area contributed by atoms with Crippen LogP contribution in [0.3, 0.4) is 0 Å². The van der Waals surface area contributed by atoms with Gasteiger partial charge in [0.05, 0.1) is 0 Å². The van der Waals surface area contributed by atoms with Gasteiger partial charge in [0.25, 0.3) is 0 Å². The molecule has 1 aromatic rings. The first-order valence-corrected chi connectivity index (χ1v) is 7.37. The Bertz CT molecular complexity index is 332. The molecule has 1 unspecified atom stereocenters. The lowest BCUT2D eigenvalue weighted by Crippen LogP contribution is -2.37. The van der Waals surface area contributed by atoms with Gasteiger partial charge in [-0.2, -0.15) is 0 Å². The van der Waals surface area contributed by atoms with Gasteiger partial charge in [-0.3, -0.25) is 4.90 Å². The van der Waals surface area contributed by atoms with E-state index in [4.69, 9.17) is 0 Å². The highest BCUT2D eigenvalue weighted by Gasteiger charge is 2.29. The average molecular weight is 246 g/mol. The largest absolute Gasteiger partial charge is 0.309 e. The van der Waals surface area contributed by atoms with Crippen molar-refractivity contribution >= 4 is 0 Å². The number of nitrogens with one attached hydrogen (secondary N) is 1. The number of hydrogen-bond donors (Lipinski definition) is 1. The molecule has 1 fully saturated rings. The van der Waals surface area contributed by atoms with Gasteiger partial charge >= 0.3 is 0 Å². The second-order valence-electron chi connectivity index (χ2n) is 5.25. The van der Waals surface area contributed by atoms with Crippen LogP contribution in [0, 0.1) is 0 Å². The van der Waals surface area contributed by atoms with Gasteiger partial charge in [0.1, 0.15) is 0 Å². The Hall–Kier alpha value is -0.860. The summed E-state index contributed by atoms with van der Waals surface area (Å²) in [5.41, 5.74) is 1.42. The summed E-state index contributed by atoms with van der Waals surface area (Å²) in [6, 6.07) is 12.2. The minimum atomic E-state index is 0.475. The molecule has 0 heterocycles. The van der Waals surface area contributed by atoms with Crippen LogP contribution in [0.15, 0.2) is 30.3 Å². The highest BCUT2D eigenvalue weighted by Crippen LogP contribution is 2.28. The fraction of sp³-hybridized carbons (Fsp3) is 0.625. The lowest BCUT2D eigenvalue weighted by molar-refractivity contribution is 0.234. The van der Waals surface area contributed by atoms with Crippen LogP contribution >= 0.6 is 0 Å². The molecule has 1 aliphatic carbocycles. The van der Waals surface area contributed by atoms with Crippen molar-refractivity contribution in [3.8, 4) is 0 Å². The quantitative estimate of drug-likeness (QED) is 0.757. The number of hydrogen-bond acceptors (Lipinski definition) is 2. The van der Waals surface area contributed by atoms with Crippen molar-refractivity contribution in [2.24, 2.45) is 0 Å². The van der Waals surface area contributed by atoms with E-state index in [0.717, 1.165) is 19.1 Å². The molecule has 0 aliphatic heterocycles. The molecule has 2 nitrogen and oxygen atoms in total. The summed E-state index contributed by atoms with van der Waals surface area (Å²) in [5, 5.41) is 3.63. The molecular weight excluding hydrogens is 220 g/mol. The topological polar surface area (TPSA) is 15.3 Å². The predicted octanol–water partition coefficient (Wildman–Crippen LogP) is 3.21. The first-order valence-electron chi connectivity index (χ1n) is 7.37. The number of nitrogens with zero attached hydrogens (tertiary/aromatic N) is 1. The number of likely N-dealkylation sites (N-methyl/N-ethyl adjacent to an activating group) is 1. The molecule has 1 atom stereocenters. The molecule has 100 valence electrons. The fourth-order valence-electron chi connectivity index (χ4n) is 2.60. The third-order valence-corrected chi connectivity index (χ3v) is 3.64. The number of benzene rings is 1. The minimum absolute atomic E-state index is 0.475. The molecule has 2 rings (SSSR count). The van der Waals surface area contributed by atoms with E-state index in [9.17, 15) is 0 Å². The smallest absolute Gasteiger partial charge is 0.0449 e. The SMILES string of the molecule is CCCN(CC(NCC)c1ccccc1)C1CC1. The van der Waals surface area contributed by atoms with Crippen molar-refractivity contribution in [2.45, 2.75) is 45.2 Å². The number of rotatable bonds is 8. The first kappa shape index (κ1) is 13.6. The van der Waals surface area contributed by atoms with Gasteiger partial charge in [-0.25, -0.2) is 0 Å². The van der Waals surface area contributed by atoms with E-state index in [1.807, 2.05) is 0 Å². The fourth-order valence-corrected chi connectivity index (χ4v) is 2.60. The van der Waals surface area contributed by atoms with Crippen LogP contribution in [0.2, 0.25) is 0 Å². The van der Waals surface area contributed by atoms with Crippen LogP contribution in [0.5, 0.6) is 0 Å². The van der Waals surface area contributed by atoms with E-state index in [1.165, 1.54) is 31.4 Å². The summed E-state index contributed by atoms with van der Waals surface area (Å²) in [6.45, 7) is 7.89. The zero-order valence-corrected chi connectivity index (χ0v) is 11.7. The first-order chi connectivity index (χ1) is 8.85. The third-order valence-electron chi connectivity index (χ3n) is 3.64. The molecule has 1 aromatic carbocycles. The highest BCUT2D eigenvalue weighted by molar-refractivity contribution is 5.19. The van der Waals surface area contributed by atoms with E-state index < -0.39 is 0 Å². The van der Waals surface area contributed by atoms with E-state index in [1.54, 1.807) is 0 Å². The summed E-state index contributed by atoms with van der Waals surface area (Å²) >= 11 is 0. The van der Waals surface area contributed by atoms with Crippen molar-refractivity contribution in [1.29, 1.82) is 0 Å². The predicted molar refractivity (Wildman–Crippen MR) is 77.7 cm³/mol. The molecule has 0 radical (unpaired) electrons. The van der Waals surface area contributed by atoms with Crippen molar-refractivity contribution < 1.29 is 0 Å². The van der Waals surface area contributed by atoms with Crippen LogP contribution in [0.25, 0.3) is 0 Å². The normalized spacial score (nSPS) is 17.1. The molecule has 1 aliphatic rings. The lowest BCUT2D eigenvalue weighted by Gasteiger charge is -2.28. The molecule has 2 heteroatoms. The molecular formula is C16H26N2. The Morgan fingerprint density at radius 3 is 2.50 bits per heavy atom. The van der Waals surface area contributed by atoms with Crippen LogP contribution in [-0.2, 0) is 0 Å². The minimum Gasteiger partial charge on any atom is -0.309 e. The van der Waals surface area contributed by atoms with Gasteiger partial charge in [0.2, 0.25) is 0 Å². The second kappa shape index (κ2) is 6.91. The molecule has 0 aromatic heterocycles. The molecule has 0 saturated heterocycles. The molecule has 0 amide bonds. The maximum atomic E-state index is 3.63. The van der Waals surface area contributed by atoms with Gasteiger partial charge in [0, 0.05) is 18.6 Å². The van der Waals surface area contributed by atoms with Crippen LogP contribution < -0.4 is 5.32 Å². The maximum absolute atomic E-state index is 3.63. The zero-order valence-electron chi connectivity index (χ0n) is 11.7. The van der Waals surface area contributed by atoms with Crippen molar-refractivity contribution in [1.82, 2.24) is 10.2 Å². The summed E-state index contributed by atoms with van der Waals surface area (Å²) in [6.07, 6.45) is 4.05. The lowest BCUT2D eigenvalue weighted by atomic mass is 10.1. The summed E-state index contributed by atoms with van der Waals surface area (Å²) in [7, 11) is 0. The molecule has 1 N–H and O–H groups in total. The van der Waals surface area contributed by atoms with Gasteiger partial charge in [-0.1, -0.05) is 44.2 Å². The Balaban J connectivity index is 2.00. The Kier molecular flexibility index (Phi) is 5.21. The monoisotopic (exact) mass is 246 g/mol. The molecule has 0 spiro atoms. The highest BCUT2D eigenvalue weighted by atomic mass is 15.2. The van der Waals surface area contributed by atoms with Gasteiger partial charge in [-0.05, 0) is 37.9 Å². The Morgan fingerprint density at radius 1 is 1.22 bits per heavy atom. The van der Waals surface area contributed by atoms with Crippen molar-refractivity contribution in [3.05, 3.63) is 35.9 Å². The third kappa shape index (κ3) is 3.82.